The second-order valence-corrected chi connectivity index (χ2v) is 5.00. The number of nitrogens with two attached hydrogens (primary N) is 1. The van der Waals surface area contributed by atoms with Crippen molar-refractivity contribution < 1.29 is 4.39 Å². The van der Waals surface area contributed by atoms with Crippen molar-refractivity contribution in [1.29, 1.82) is 0 Å². The van der Waals surface area contributed by atoms with Crippen LogP contribution in [0.15, 0.2) is 36.4 Å². The van der Waals surface area contributed by atoms with Crippen molar-refractivity contribution >= 4 is 11.0 Å². The Morgan fingerprint density at radius 1 is 1.20 bits per heavy atom. The van der Waals surface area contributed by atoms with Crippen LogP contribution in [0.5, 0.6) is 0 Å². The number of aryl methyl sites for hydroxylation is 2. The van der Waals surface area contributed by atoms with E-state index in [9.17, 15) is 4.39 Å². The molecule has 0 saturated heterocycles. The van der Waals surface area contributed by atoms with Crippen LogP contribution in [-0.2, 0) is 13.6 Å². The molecule has 3 nitrogen and oxygen atoms in total. The number of aromatic nitrogens is 2. The zero-order chi connectivity index (χ0) is 14.3. The van der Waals surface area contributed by atoms with E-state index in [1.54, 1.807) is 6.07 Å². The molecule has 0 atom stereocenters. The van der Waals surface area contributed by atoms with Crippen LogP contribution >= 0.6 is 0 Å². The predicted molar refractivity (Wildman–Crippen MR) is 78.7 cm³/mol. The van der Waals surface area contributed by atoms with Gasteiger partial charge in [-0.25, -0.2) is 9.37 Å². The number of hydrogen-bond donors (Lipinski definition) is 1. The van der Waals surface area contributed by atoms with Gasteiger partial charge in [-0.1, -0.05) is 17.7 Å². The maximum Gasteiger partial charge on any atom is 0.143 e. The molecule has 102 valence electrons. The maximum atomic E-state index is 14.0. The van der Waals surface area contributed by atoms with E-state index < -0.39 is 0 Å². The minimum Gasteiger partial charge on any atom is -0.327 e. The molecule has 4 heteroatoms. The van der Waals surface area contributed by atoms with E-state index in [0.29, 0.717) is 17.9 Å². The van der Waals surface area contributed by atoms with Crippen molar-refractivity contribution in [3.8, 4) is 11.4 Å². The van der Waals surface area contributed by atoms with Crippen LogP contribution in [0.4, 0.5) is 4.39 Å². The molecule has 1 heterocycles. The van der Waals surface area contributed by atoms with Gasteiger partial charge in [0.1, 0.15) is 11.6 Å². The summed E-state index contributed by atoms with van der Waals surface area (Å²) >= 11 is 0. The fourth-order valence-electron chi connectivity index (χ4n) is 2.41. The van der Waals surface area contributed by atoms with Gasteiger partial charge in [-0.3, -0.25) is 0 Å². The topological polar surface area (TPSA) is 43.8 Å². The minimum atomic E-state index is -0.256. The average Bonchev–Trinajstić information content (AvgIpc) is 2.78. The minimum absolute atomic E-state index is 0.256. The van der Waals surface area contributed by atoms with Crippen molar-refractivity contribution in [3.05, 3.63) is 53.3 Å². The van der Waals surface area contributed by atoms with Crippen LogP contribution in [0.25, 0.3) is 22.4 Å². The molecule has 0 unspecified atom stereocenters. The van der Waals surface area contributed by atoms with Gasteiger partial charge in [0.15, 0.2) is 0 Å². The molecule has 0 aliphatic rings. The molecule has 2 N–H and O–H groups in total. The van der Waals surface area contributed by atoms with Crippen LogP contribution in [0.3, 0.4) is 0 Å². The van der Waals surface area contributed by atoms with E-state index in [1.165, 1.54) is 6.07 Å². The van der Waals surface area contributed by atoms with Crippen LogP contribution in [-0.4, -0.2) is 9.55 Å². The largest absolute Gasteiger partial charge is 0.327 e. The summed E-state index contributed by atoms with van der Waals surface area (Å²) in [6.07, 6.45) is 0. The summed E-state index contributed by atoms with van der Waals surface area (Å²) in [5.41, 5.74) is 10.0. The Balaban J connectivity index is 2.26. The highest BCUT2D eigenvalue weighted by Gasteiger charge is 2.14. The van der Waals surface area contributed by atoms with Crippen molar-refractivity contribution in [3.63, 3.8) is 0 Å². The van der Waals surface area contributed by atoms with Gasteiger partial charge in [0, 0.05) is 13.6 Å². The Kier molecular flexibility index (Phi) is 3.03. The first-order valence-electron chi connectivity index (χ1n) is 6.52. The molecular formula is C16H16FN3. The zero-order valence-corrected chi connectivity index (χ0v) is 11.5. The first-order valence-corrected chi connectivity index (χ1v) is 6.52. The fourth-order valence-corrected chi connectivity index (χ4v) is 2.41. The van der Waals surface area contributed by atoms with E-state index in [1.807, 2.05) is 42.8 Å². The first-order chi connectivity index (χ1) is 9.60. The zero-order valence-electron chi connectivity index (χ0n) is 11.5. The van der Waals surface area contributed by atoms with Gasteiger partial charge in [-0.05, 0) is 36.8 Å². The summed E-state index contributed by atoms with van der Waals surface area (Å²) in [6.45, 7) is 2.42. The van der Waals surface area contributed by atoms with Crippen LogP contribution in [0.2, 0.25) is 0 Å². The molecule has 3 aromatic rings. The quantitative estimate of drug-likeness (QED) is 0.776. The predicted octanol–water partition coefficient (Wildman–Crippen LogP) is 3.15. The monoisotopic (exact) mass is 269 g/mol. The number of nitrogens with zero attached hydrogens (tertiary/aromatic N) is 2. The number of rotatable bonds is 2. The van der Waals surface area contributed by atoms with Crippen molar-refractivity contribution in [2.75, 3.05) is 0 Å². The molecule has 0 aliphatic heterocycles. The Morgan fingerprint density at radius 2 is 2.00 bits per heavy atom. The van der Waals surface area contributed by atoms with Crippen molar-refractivity contribution in [1.82, 2.24) is 9.55 Å². The number of benzene rings is 2. The Morgan fingerprint density at radius 3 is 2.75 bits per heavy atom. The molecule has 3 rings (SSSR count). The molecule has 0 radical (unpaired) electrons. The van der Waals surface area contributed by atoms with Crippen LogP contribution < -0.4 is 5.73 Å². The molecule has 0 aliphatic carbocycles. The smallest absolute Gasteiger partial charge is 0.143 e. The summed E-state index contributed by atoms with van der Waals surface area (Å²) in [7, 11) is 1.90. The Bertz CT molecular complexity index is 790. The van der Waals surface area contributed by atoms with Gasteiger partial charge in [-0.15, -0.1) is 0 Å². The maximum absolute atomic E-state index is 14.0. The van der Waals surface area contributed by atoms with E-state index >= 15 is 0 Å². The summed E-state index contributed by atoms with van der Waals surface area (Å²) in [5, 5.41) is 0. The summed E-state index contributed by atoms with van der Waals surface area (Å²) in [5.74, 6) is 0.378. The highest BCUT2D eigenvalue weighted by molar-refractivity contribution is 5.81. The van der Waals surface area contributed by atoms with Gasteiger partial charge >= 0.3 is 0 Å². The summed E-state index contributed by atoms with van der Waals surface area (Å²) in [4.78, 5) is 4.54. The highest BCUT2D eigenvalue weighted by atomic mass is 19.1. The van der Waals surface area contributed by atoms with Gasteiger partial charge in [-0.2, -0.15) is 0 Å². The van der Waals surface area contributed by atoms with Gasteiger partial charge < -0.3 is 10.3 Å². The molecule has 0 amide bonds. The number of hydrogen-bond acceptors (Lipinski definition) is 2. The molecule has 0 fully saturated rings. The lowest BCUT2D eigenvalue weighted by atomic mass is 10.1. The van der Waals surface area contributed by atoms with E-state index in [4.69, 9.17) is 5.73 Å². The lowest BCUT2D eigenvalue weighted by Crippen LogP contribution is -1.97. The second kappa shape index (κ2) is 4.72. The normalized spacial score (nSPS) is 11.2. The molecule has 0 saturated carbocycles. The number of halogens is 1. The molecule has 1 aromatic heterocycles. The van der Waals surface area contributed by atoms with E-state index in [0.717, 1.165) is 22.2 Å². The number of imidazole rings is 1. The van der Waals surface area contributed by atoms with E-state index in [-0.39, 0.29) is 5.82 Å². The molecule has 20 heavy (non-hydrogen) atoms. The molecule has 0 bridgehead atoms. The highest BCUT2D eigenvalue weighted by Crippen LogP contribution is 2.27. The fraction of sp³-hybridized carbons (Fsp3) is 0.188. The molecular weight excluding hydrogens is 253 g/mol. The average molecular weight is 269 g/mol. The lowest BCUT2D eigenvalue weighted by Gasteiger charge is -2.05. The lowest BCUT2D eigenvalue weighted by molar-refractivity contribution is 0.628. The molecule has 0 spiro atoms. The Hall–Kier alpha value is -2.20. The first kappa shape index (κ1) is 12.8. The van der Waals surface area contributed by atoms with E-state index in [2.05, 4.69) is 4.98 Å². The third kappa shape index (κ3) is 1.98. The van der Waals surface area contributed by atoms with Crippen molar-refractivity contribution in [2.45, 2.75) is 13.5 Å². The molecule has 2 aromatic carbocycles. The van der Waals surface area contributed by atoms with Gasteiger partial charge in [0.2, 0.25) is 0 Å². The van der Waals surface area contributed by atoms with Crippen LogP contribution in [0, 0.1) is 12.7 Å². The third-order valence-corrected chi connectivity index (χ3v) is 3.54. The van der Waals surface area contributed by atoms with Crippen LogP contribution in [0.1, 0.15) is 11.1 Å². The van der Waals surface area contributed by atoms with Gasteiger partial charge in [0.05, 0.1) is 16.6 Å². The number of fused-ring (bicyclic) bond motifs is 1. The summed E-state index contributed by atoms with van der Waals surface area (Å²) < 4.78 is 15.9. The third-order valence-electron chi connectivity index (χ3n) is 3.54. The standard InChI is InChI=1S/C16H16FN3/c1-10-3-5-13(17)12(7-10)16-19-14-6-4-11(9-18)8-15(14)20(16)2/h3-8H,9,18H2,1-2H3. The Labute approximate surface area is 116 Å². The summed E-state index contributed by atoms with van der Waals surface area (Å²) in [6, 6.07) is 10.9. The van der Waals surface area contributed by atoms with Gasteiger partial charge in [0.25, 0.3) is 0 Å². The SMILES string of the molecule is Cc1ccc(F)c(-c2nc3ccc(CN)cc3n2C)c1. The van der Waals surface area contributed by atoms with Crippen molar-refractivity contribution in [2.24, 2.45) is 12.8 Å². The second-order valence-electron chi connectivity index (χ2n) is 5.00.